The van der Waals surface area contributed by atoms with E-state index in [9.17, 15) is 4.79 Å². The molecule has 0 atom stereocenters. The van der Waals surface area contributed by atoms with Crippen molar-refractivity contribution in [3.63, 3.8) is 0 Å². The van der Waals surface area contributed by atoms with Crippen LogP contribution in [0.15, 0.2) is 12.4 Å². The Balaban J connectivity index is 2.06. The van der Waals surface area contributed by atoms with Gasteiger partial charge >= 0.3 is 0 Å². The first-order valence-electron chi connectivity index (χ1n) is 4.57. The second kappa shape index (κ2) is 6.15. The third kappa shape index (κ3) is 4.04. The number of nitrogens with one attached hydrogen (secondary N) is 2. The van der Waals surface area contributed by atoms with Crippen molar-refractivity contribution in [3.8, 4) is 0 Å². The molecule has 0 aliphatic heterocycles. The maximum Gasteiger partial charge on any atom is 0.222 e. The molecule has 0 aromatic carbocycles. The fraction of sp³-hybridized carbons (Fsp3) is 0.556. The first-order chi connectivity index (χ1) is 6.83. The zero-order valence-electron chi connectivity index (χ0n) is 8.25. The lowest BCUT2D eigenvalue weighted by Gasteiger charge is -2.02. The van der Waals surface area contributed by atoms with Gasteiger partial charge in [-0.3, -0.25) is 4.79 Å². The van der Waals surface area contributed by atoms with Crippen molar-refractivity contribution in [2.75, 3.05) is 20.3 Å². The molecule has 1 rings (SSSR count). The standard InChI is InChI=1S/C9H15N3O2/c1-14-7-3-9(13)12-4-2-8-10-5-6-11-8/h5-6H,2-4,7H2,1H3,(H,10,11)(H,12,13). The second-order valence-electron chi connectivity index (χ2n) is 2.88. The van der Waals surface area contributed by atoms with Crippen LogP contribution in [-0.4, -0.2) is 36.1 Å². The summed E-state index contributed by atoms with van der Waals surface area (Å²) >= 11 is 0. The number of rotatable bonds is 6. The Labute approximate surface area is 82.9 Å². The summed E-state index contributed by atoms with van der Waals surface area (Å²) < 4.78 is 4.79. The van der Waals surface area contributed by atoms with Crippen LogP contribution in [0.4, 0.5) is 0 Å². The normalized spacial score (nSPS) is 10.1. The van der Waals surface area contributed by atoms with Gasteiger partial charge in [-0.2, -0.15) is 0 Å². The monoisotopic (exact) mass is 197 g/mol. The minimum Gasteiger partial charge on any atom is -0.384 e. The molecule has 5 heteroatoms. The average molecular weight is 197 g/mol. The molecule has 1 aromatic heterocycles. The highest BCUT2D eigenvalue weighted by atomic mass is 16.5. The van der Waals surface area contributed by atoms with Gasteiger partial charge in [0, 0.05) is 38.9 Å². The summed E-state index contributed by atoms with van der Waals surface area (Å²) in [6, 6.07) is 0. The molecule has 14 heavy (non-hydrogen) atoms. The van der Waals surface area contributed by atoms with Crippen molar-refractivity contribution < 1.29 is 9.53 Å². The van der Waals surface area contributed by atoms with Crippen molar-refractivity contribution >= 4 is 5.91 Å². The Hall–Kier alpha value is -1.36. The van der Waals surface area contributed by atoms with Crippen LogP contribution in [0, 0.1) is 0 Å². The predicted octanol–water partition coefficient (Wildman–Crippen LogP) is 0.105. The number of ether oxygens (including phenoxy) is 1. The Bertz CT molecular complexity index is 259. The second-order valence-corrected chi connectivity index (χ2v) is 2.88. The number of methoxy groups -OCH3 is 1. The molecule has 0 radical (unpaired) electrons. The molecular weight excluding hydrogens is 182 g/mol. The number of hydrogen-bond donors (Lipinski definition) is 2. The molecule has 1 amide bonds. The van der Waals surface area contributed by atoms with E-state index in [0.29, 0.717) is 19.6 Å². The molecular formula is C9H15N3O2. The van der Waals surface area contributed by atoms with E-state index in [1.165, 1.54) is 0 Å². The van der Waals surface area contributed by atoms with E-state index in [0.717, 1.165) is 12.2 Å². The van der Waals surface area contributed by atoms with E-state index >= 15 is 0 Å². The number of imidazole rings is 1. The number of nitrogens with zero attached hydrogens (tertiary/aromatic N) is 1. The zero-order valence-corrected chi connectivity index (χ0v) is 8.25. The lowest BCUT2D eigenvalue weighted by atomic mass is 10.3. The van der Waals surface area contributed by atoms with Gasteiger partial charge in [-0.25, -0.2) is 4.98 Å². The smallest absolute Gasteiger partial charge is 0.222 e. The van der Waals surface area contributed by atoms with Crippen LogP contribution in [0.5, 0.6) is 0 Å². The lowest BCUT2D eigenvalue weighted by molar-refractivity contribution is -0.121. The zero-order chi connectivity index (χ0) is 10.2. The number of hydrogen-bond acceptors (Lipinski definition) is 3. The number of aromatic amines is 1. The average Bonchev–Trinajstić information content (AvgIpc) is 2.67. The molecule has 0 aliphatic rings. The Morgan fingerprint density at radius 1 is 1.71 bits per heavy atom. The number of aromatic nitrogens is 2. The molecule has 0 aliphatic carbocycles. The minimum absolute atomic E-state index is 0.0124. The third-order valence-corrected chi connectivity index (χ3v) is 1.77. The molecule has 5 nitrogen and oxygen atoms in total. The SMILES string of the molecule is COCCC(=O)NCCc1ncc[nH]1. The number of carbonyl (C=O) groups excluding carboxylic acids is 1. The van der Waals surface area contributed by atoms with Crippen molar-refractivity contribution in [1.29, 1.82) is 0 Å². The molecule has 0 saturated heterocycles. The molecule has 0 unspecified atom stereocenters. The quantitative estimate of drug-likeness (QED) is 0.680. The van der Waals surface area contributed by atoms with Crippen molar-refractivity contribution in [1.82, 2.24) is 15.3 Å². The van der Waals surface area contributed by atoms with E-state index in [1.807, 2.05) is 0 Å². The van der Waals surface area contributed by atoms with Gasteiger partial charge in [-0.15, -0.1) is 0 Å². The molecule has 0 fully saturated rings. The molecule has 78 valence electrons. The molecule has 1 aromatic rings. The van der Waals surface area contributed by atoms with Crippen LogP contribution in [-0.2, 0) is 16.0 Å². The van der Waals surface area contributed by atoms with Crippen LogP contribution in [0.3, 0.4) is 0 Å². The first kappa shape index (κ1) is 10.7. The van der Waals surface area contributed by atoms with Crippen LogP contribution in [0.25, 0.3) is 0 Å². The highest BCUT2D eigenvalue weighted by Crippen LogP contribution is 1.88. The molecule has 0 saturated carbocycles. The Morgan fingerprint density at radius 3 is 3.21 bits per heavy atom. The lowest BCUT2D eigenvalue weighted by Crippen LogP contribution is -2.26. The van der Waals surface area contributed by atoms with Gasteiger partial charge in [-0.1, -0.05) is 0 Å². The fourth-order valence-corrected chi connectivity index (χ4v) is 1.04. The van der Waals surface area contributed by atoms with Gasteiger partial charge in [0.1, 0.15) is 5.82 Å². The van der Waals surface area contributed by atoms with E-state index < -0.39 is 0 Å². The maximum absolute atomic E-state index is 11.1. The van der Waals surface area contributed by atoms with Crippen LogP contribution in [0.1, 0.15) is 12.2 Å². The first-order valence-corrected chi connectivity index (χ1v) is 4.57. The van der Waals surface area contributed by atoms with Crippen LogP contribution >= 0.6 is 0 Å². The molecule has 1 heterocycles. The van der Waals surface area contributed by atoms with Gasteiger partial charge < -0.3 is 15.0 Å². The van der Waals surface area contributed by atoms with E-state index in [1.54, 1.807) is 19.5 Å². The number of carbonyl (C=O) groups is 1. The van der Waals surface area contributed by atoms with Gasteiger partial charge in [-0.05, 0) is 0 Å². The van der Waals surface area contributed by atoms with Crippen molar-refractivity contribution in [2.45, 2.75) is 12.8 Å². The van der Waals surface area contributed by atoms with E-state index in [-0.39, 0.29) is 5.91 Å². The molecule has 2 N–H and O–H groups in total. The van der Waals surface area contributed by atoms with Crippen LogP contribution < -0.4 is 5.32 Å². The number of H-pyrrole nitrogens is 1. The van der Waals surface area contributed by atoms with Crippen LogP contribution in [0.2, 0.25) is 0 Å². The molecule has 0 bridgehead atoms. The van der Waals surface area contributed by atoms with Crippen molar-refractivity contribution in [2.24, 2.45) is 0 Å². The van der Waals surface area contributed by atoms with E-state index in [4.69, 9.17) is 4.74 Å². The summed E-state index contributed by atoms with van der Waals surface area (Å²) in [6.45, 7) is 1.07. The summed E-state index contributed by atoms with van der Waals surface area (Å²) in [5, 5.41) is 2.78. The highest BCUT2D eigenvalue weighted by Gasteiger charge is 2.00. The predicted molar refractivity (Wildman–Crippen MR) is 51.8 cm³/mol. The van der Waals surface area contributed by atoms with Crippen molar-refractivity contribution in [3.05, 3.63) is 18.2 Å². The third-order valence-electron chi connectivity index (χ3n) is 1.77. The summed E-state index contributed by atoms with van der Waals surface area (Å²) in [6.07, 6.45) is 4.60. The summed E-state index contributed by atoms with van der Waals surface area (Å²) in [4.78, 5) is 18.1. The fourth-order valence-electron chi connectivity index (χ4n) is 1.04. The summed E-state index contributed by atoms with van der Waals surface area (Å²) in [5.74, 6) is 0.899. The summed E-state index contributed by atoms with van der Waals surface area (Å²) in [5.41, 5.74) is 0. The van der Waals surface area contributed by atoms with Gasteiger partial charge in [0.15, 0.2) is 0 Å². The Kier molecular flexibility index (Phi) is 4.71. The number of amides is 1. The minimum atomic E-state index is 0.0124. The largest absolute Gasteiger partial charge is 0.384 e. The molecule has 0 spiro atoms. The van der Waals surface area contributed by atoms with Gasteiger partial charge in [0.2, 0.25) is 5.91 Å². The summed E-state index contributed by atoms with van der Waals surface area (Å²) in [7, 11) is 1.58. The van der Waals surface area contributed by atoms with Gasteiger partial charge in [0.25, 0.3) is 0 Å². The highest BCUT2D eigenvalue weighted by molar-refractivity contribution is 5.75. The topological polar surface area (TPSA) is 67.0 Å². The Morgan fingerprint density at radius 2 is 2.57 bits per heavy atom. The maximum atomic E-state index is 11.1. The van der Waals surface area contributed by atoms with E-state index in [2.05, 4.69) is 15.3 Å². The van der Waals surface area contributed by atoms with Gasteiger partial charge in [0.05, 0.1) is 6.61 Å².